The van der Waals surface area contributed by atoms with Crippen LogP contribution in [0.4, 0.5) is 0 Å². The number of phenolic OH excluding ortho intramolecular Hbond substituents is 1. The van der Waals surface area contributed by atoms with Crippen LogP contribution in [0.25, 0.3) is 22.3 Å². The van der Waals surface area contributed by atoms with Crippen LogP contribution in [0.15, 0.2) is 51.7 Å². The molecule has 0 unspecified atom stereocenters. The van der Waals surface area contributed by atoms with E-state index in [9.17, 15) is 9.90 Å². The zero-order chi connectivity index (χ0) is 15.0. The van der Waals surface area contributed by atoms with Gasteiger partial charge in [-0.25, -0.2) is 0 Å². The Bertz CT molecular complexity index is 869. The summed E-state index contributed by atoms with van der Waals surface area (Å²) in [6, 6.07) is 12.6. The average molecular weight is 394 g/mol. The number of hydrogen-bond donors (Lipinski definition) is 1. The molecule has 0 fully saturated rings. The standard InChI is InChI=1S/C16H11IO4/c1-20-16-14(19)12-11(8-7-10(17)13(12)18)21-15(16)9-5-3-2-4-6-9/h2-8,18H,1H3. The van der Waals surface area contributed by atoms with Gasteiger partial charge < -0.3 is 14.3 Å². The summed E-state index contributed by atoms with van der Waals surface area (Å²) in [5, 5.41) is 10.2. The third kappa shape index (κ3) is 2.27. The quantitative estimate of drug-likeness (QED) is 0.673. The summed E-state index contributed by atoms with van der Waals surface area (Å²) in [5.41, 5.74) is 0.692. The molecule has 3 rings (SSSR count). The third-order valence-electron chi connectivity index (χ3n) is 3.18. The molecule has 0 radical (unpaired) electrons. The maximum Gasteiger partial charge on any atom is 0.239 e. The van der Waals surface area contributed by atoms with Gasteiger partial charge in [0.15, 0.2) is 5.76 Å². The number of hydrogen-bond acceptors (Lipinski definition) is 4. The monoisotopic (exact) mass is 394 g/mol. The Kier molecular flexibility index (Phi) is 3.59. The molecule has 0 saturated carbocycles. The Balaban J connectivity index is 2.43. The zero-order valence-electron chi connectivity index (χ0n) is 11.1. The number of phenols is 1. The van der Waals surface area contributed by atoms with Crippen LogP contribution in [-0.4, -0.2) is 12.2 Å². The first kappa shape index (κ1) is 13.9. The largest absolute Gasteiger partial charge is 0.506 e. The van der Waals surface area contributed by atoms with Crippen molar-refractivity contribution in [3.8, 4) is 22.8 Å². The number of ether oxygens (including phenoxy) is 1. The summed E-state index contributed by atoms with van der Waals surface area (Å²) in [6.45, 7) is 0. The number of fused-ring (bicyclic) bond motifs is 1. The molecule has 0 aliphatic rings. The van der Waals surface area contributed by atoms with E-state index in [1.165, 1.54) is 7.11 Å². The van der Waals surface area contributed by atoms with E-state index in [2.05, 4.69) is 0 Å². The molecule has 0 atom stereocenters. The first-order chi connectivity index (χ1) is 10.1. The smallest absolute Gasteiger partial charge is 0.239 e. The number of methoxy groups -OCH3 is 1. The molecule has 2 aromatic carbocycles. The van der Waals surface area contributed by atoms with Crippen LogP contribution in [0, 0.1) is 3.57 Å². The van der Waals surface area contributed by atoms with Crippen LogP contribution in [0.1, 0.15) is 0 Å². The van der Waals surface area contributed by atoms with Gasteiger partial charge in [-0.05, 0) is 34.7 Å². The molecule has 0 aliphatic carbocycles. The van der Waals surface area contributed by atoms with E-state index in [0.29, 0.717) is 14.9 Å². The molecule has 21 heavy (non-hydrogen) atoms. The second kappa shape index (κ2) is 5.40. The van der Waals surface area contributed by atoms with Crippen molar-refractivity contribution in [1.82, 2.24) is 0 Å². The van der Waals surface area contributed by atoms with Crippen molar-refractivity contribution in [1.29, 1.82) is 0 Å². The first-order valence-corrected chi connectivity index (χ1v) is 7.29. The highest BCUT2D eigenvalue weighted by Crippen LogP contribution is 2.34. The summed E-state index contributed by atoms with van der Waals surface area (Å²) in [6.07, 6.45) is 0. The highest BCUT2D eigenvalue weighted by molar-refractivity contribution is 14.1. The molecular formula is C16H11IO4. The van der Waals surface area contributed by atoms with Crippen LogP contribution in [0.3, 0.4) is 0 Å². The van der Waals surface area contributed by atoms with E-state index >= 15 is 0 Å². The van der Waals surface area contributed by atoms with Gasteiger partial charge in [0.05, 0.1) is 10.7 Å². The number of rotatable bonds is 2. The van der Waals surface area contributed by atoms with E-state index in [4.69, 9.17) is 9.15 Å². The predicted molar refractivity (Wildman–Crippen MR) is 88.9 cm³/mol. The Morgan fingerprint density at radius 3 is 2.52 bits per heavy atom. The molecule has 0 amide bonds. The molecule has 0 bridgehead atoms. The number of benzene rings is 2. The van der Waals surface area contributed by atoms with Gasteiger partial charge in [0, 0.05) is 5.56 Å². The van der Waals surface area contributed by atoms with Crippen molar-refractivity contribution < 1.29 is 14.3 Å². The first-order valence-electron chi connectivity index (χ1n) is 6.21. The second-order valence-corrected chi connectivity index (χ2v) is 5.59. The van der Waals surface area contributed by atoms with Crippen molar-refractivity contribution in [2.24, 2.45) is 0 Å². The van der Waals surface area contributed by atoms with Gasteiger partial charge in [0.1, 0.15) is 16.7 Å². The molecule has 3 aromatic rings. The van der Waals surface area contributed by atoms with E-state index in [-0.39, 0.29) is 22.3 Å². The van der Waals surface area contributed by atoms with Gasteiger partial charge in [-0.15, -0.1) is 0 Å². The van der Waals surface area contributed by atoms with Crippen LogP contribution in [0.5, 0.6) is 11.5 Å². The molecule has 1 N–H and O–H groups in total. The Labute approximate surface area is 134 Å². The summed E-state index contributed by atoms with van der Waals surface area (Å²) in [7, 11) is 1.41. The maximum absolute atomic E-state index is 12.6. The van der Waals surface area contributed by atoms with Crippen LogP contribution < -0.4 is 10.2 Å². The van der Waals surface area contributed by atoms with E-state index < -0.39 is 0 Å². The number of aromatic hydroxyl groups is 1. The molecule has 5 heteroatoms. The summed E-state index contributed by atoms with van der Waals surface area (Å²) in [4.78, 5) is 12.6. The fourth-order valence-electron chi connectivity index (χ4n) is 2.19. The Morgan fingerprint density at radius 2 is 1.86 bits per heavy atom. The summed E-state index contributed by atoms with van der Waals surface area (Å²) in [5.74, 6) is 0.363. The highest BCUT2D eigenvalue weighted by Gasteiger charge is 2.19. The lowest BCUT2D eigenvalue weighted by Gasteiger charge is -2.10. The van der Waals surface area contributed by atoms with Crippen molar-refractivity contribution in [2.45, 2.75) is 0 Å². The molecule has 4 nitrogen and oxygen atoms in total. The molecule has 1 aromatic heterocycles. The Morgan fingerprint density at radius 1 is 1.14 bits per heavy atom. The average Bonchev–Trinajstić information content (AvgIpc) is 2.51. The van der Waals surface area contributed by atoms with Gasteiger partial charge >= 0.3 is 0 Å². The van der Waals surface area contributed by atoms with Gasteiger partial charge in [0.25, 0.3) is 0 Å². The predicted octanol–water partition coefficient (Wildman–Crippen LogP) is 3.78. The molecule has 106 valence electrons. The van der Waals surface area contributed by atoms with Crippen molar-refractivity contribution in [3.05, 3.63) is 56.3 Å². The topological polar surface area (TPSA) is 59.7 Å². The summed E-state index contributed by atoms with van der Waals surface area (Å²) < 4.78 is 11.6. The minimum atomic E-state index is -0.381. The lowest BCUT2D eigenvalue weighted by molar-refractivity contribution is 0.397. The van der Waals surface area contributed by atoms with Crippen molar-refractivity contribution >= 4 is 33.6 Å². The highest BCUT2D eigenvalue weighted by atomic mass is 127. The van der Waals surface area contributed by atoms with Crippen molar-refractivity contribution in [3.63, 3.8) is 0 Å². The van der Waals surface area contributed by atoms with E-state index in [1.807, 2.05) is 52.9 Å². The van der Waals surface area contributed by atoms with Gasteiger partial charge in [-0.3, -0.25) is 4.79 Å². The molecule has 0 spiro atoms. The lowest BCUT2D eigenvalue weighted by Crippen LogP contribution is -2.08. The van der Waals surface area contributed by atoms with E-state index in [0.717, 1.165) is 5.56 Å². The van der Waals surface area contributed by atoms with E-state index in [1.54, 1.807) is 12.1 Å². The van der Waals surface area contributed by atoms with Crippen LogP contribution in [-0.2, 0) is 0 Å². The molecular weight excluding hydrogens is 383 g/mol. The van der Waals surface area contributed by atoms with Gasteiger partial charge in [-0.1, -0.05) is 30.3 Å². The third-order valence-corrected chi connectivity index (χ3v) is 4.05. The minimum Gasteiger partial charge on any atom is -0.506 e. The summed E-state index contributed by atoms with van der Waals surface area (Å²) >= 11 is 1.96. The van der Waals surface area contributed by atoms with Crippen LogP contribution >= 0.6 is 22.6 Å². The molecule has 0 saturated heterocycles. The molecule has 0 aliphatic heterocycles. The van der Waals surface area contributed by atoms with Gasteiger partial charge in [-0.2, -0.15) is 0 Å². The SMILES string of the molecule is COc1c(-c2ccccc2)oc2ccc(I)c(O)c2c1=O. The van der Waals surface area contributed by atoms with Gasteiger partial charge in [0.2, 0.25) is 11.2 Å². The van der Waals surface area contributed by atoms with Crippen molar-refractivity contribution in [2.75, 3.05) is 7.11 Å². The zero-order valence-corrected chi connectivity index (χ0v) is 13.2. The minimum absolute atomic E-state index is 0.0836. The normalized spacial score (nSPS) is 10.8. The second-order valence-electron chi connectivity index (χ2n) is 4.43. The Hall–Kier alpha value is -2.02. The lowest BCUT2D eigenvalue weighted by atomic mass is 10.1. The molecule has 1 heterocycles. The number of halogens is 1. The van der Waals surface area contributed by atoms with Crippen LogP contribution in [0.2, 0.25) is 0 Å². The maximum atomic E-state index is 12.6. The fourth-order valence-corrected chi connectivity index (χ4v) is 2.64. The fraction of sp³-hybridized carbons (Fsp3) is 0.0625.